The maximum atomic E-state index is 13.0. The second-order valence-electron chi connectivity index (χ2n) is 8.19. The first kappa shape index (κ1) is 20.3. The molecule has 0 spiro atoms. The number of piperidine rings is 1. The summed E-state index contributed by atoms with van der Waals surface area (Å²) in [6.07, 6.45) is 4.99. The number of rotatable bonds is 5. The van der Waals surface area contributed by atoms with Crippen LogP contribution < -0.4 is 9.47 Å². The van der Waals surface area contributed by atoms with Crippen LogP contribution in [0, 0.1) is 5.92 Å². The number of hydrogen-bond acceptors (Lipinski definition) is 5. The van der Waals surface area contributed by atoms with Crippen molar-refractivity contribution in [2.75, 3.05) is 26.3 Å². The summed E-state index contributed by atoms with van der Waals surface area (Å²) in [5.41, 5.74) is 2.41. The fourth-order valence-corrected chi connectivity index (χ4v) is 4.29. The Balaban J connectivity index is 1.18. The number of ether oxygens (including phenoxy) is 2. The smallest absolute Gasteiger partial charge is 0.253 e. The maximum Gasteiger partial charge on any atom is 0.253 e. The summed E-state index contributed by atoms with van der Waals surface area (Å²) in [6, 6.07) is 14.9. The molecule has 1 aromatic heterocycles. The molecule has 0 unspecified atom stereocenters. The molecule has 0 saturated carbocycles. The lowest BCUT2D eigenvalue weighted by atomic mass is 9.88. The first-order valence-corrected chi connectivity index (χ1v) is 11.0. The van der Waals surface area contributed by atoms with Gasteiger partial charge in [-0.2, -0.15) is 5.10 Å². The minimum absolute atomic E-state index is 0.0147. The van der Waals surface area contributed by atoms with E-state index in [4.69, 9.17) is 9.47 Å². The predicted octanol–water partition coefficient (Wildman–Crippen LogP) is 3.44. The molecule has 0 atom stereocenters. The summed E-state index contributed by atoms with van der Waals surface area (Å²) in [6.45, 7) is 2.85. The summed E-state index contributed by atoms with van der Waals surface area (Å²) in [5.74, 6) is 1.35. The Morgan fingerprint density at radius 3 is 2.38 bits per heavy atom. The van der Waals surface area contributed by atoms with Crippen LogP contribution in [-0.4, -0.2) is 52.7 Å². The number of carbonyl (C=O) groups is 2. The van der Waals surface area contributed by atoms with Crippen molar-refractivity contribution in [1.29, 1.82) is 0 Å². The third-order valence-electron chi connectivity index (χ3n) is 6.08. The number of nitrogens with zero attached hydrogens (tertiary/aromatic N) is 3. The van der Waals surface area contributed by atoms with E-state index in [2.05, 4.69) is 5.10 Å². The Morgan fingerprint density at radius 2 is 1.66 bits per heavy atom. The van der Waals surface area contributed by atoms with Crippen molar-refractivity contribution in [2.45, 2.75) is 19.4 Å². The van der Waals surface area contributed by atoms with Gasteiger partial charge in [-0.1, -0.05) is 12.1 Å². The zero-order chi connectivity index (χ0) is 21.9. The Hall–Kier alpha value is -3.61. The first-order chi connectivity index (χ1) is 15.7. The van der Waals surface area contributed by atoms with Gasteiger partial charge in [0.2, 0.25) is 0 Å². The zero-order valence-corrected chi connectivity index (χ0v) is 17.8. The number of amides is 1. The highest BCUT2D eigenvalue weighted by Crippen LogP contribution is 2.32. The molecular formula is C25H25N3O4. The number of fused-ring (bicyclic) bond motifs is 1. The van der Waals surface area contributed by atoms with Crippen molar-refractivity contribution in [3.8, 4) is 11.5 Å². The lowest BCUT2D eigenvalue weighted by Gasteiger charge is -2.31. The van der Waals surface area contributed by atoms with Gasteiger partial charge in [0, 0.05) is 42.5 Å². The van der Waals surface area contributed by atoms with Gasteiger partial charge in [-0.15, -0.1) is 0 Å². The summed E-state index contributed by atoms with van der Waals surface area (Å²) in [4.78, 5) is 27.8. The van der Waals surface area contributed by atoms with Crippen LogP contribution in [-0.2, 0) is 6.54 Å². The number of Topliss-reactive ketones (excluding diaryl/α,β-unsaturated/α-hetero) is 1. The Kier molecular flexibility index (Phi) is 5.62. The Bertz CT molecular complexity index is 1100. The highest BCUT2D eigenvalue weighted by Gasteiger charge is 2.29. The fraction of sp³-hybridized carbons (Fsp3) is 0.320. The van der Waals surface area contributed by atoms with Gasteiger partial charge in [-0.05, 0) is 54.8 Å². The number of ketones is 1. The van der Waals surface area contributed by atoms with Crippen molar-refractivity contribution >= 4 is 11.7 Å². The standard InChI is InChI=1S/C25H25N3O4/c29-24(21-6-7-22-23(16-21)32-15-14-31-22)19-8-12-27(13-9-19)25(30)20-4-2-18(3-5-20)17-28-11-1-10-26-28/h1-7,10-11,16,19H,8-9,12-15,17H2. The van der Waals surface area contributed by atoms with Gasteiger partial charge in [-0.25, -0.2) is 0 Å². The van der Waals surface area contributed by atoms with Crippen LogP contribution in [0.1, 0.15) is 39.1 Å². The molecule has 2 aliphatic heterocycles. The van der Waals surface area contributed by atoms with E-state index in [0.717, 1.165) is 5.56 Å². The minimum atomic E-state index is -0.0851. The Labute approximate surface area is 186 Å². The third kappa shape index (κ3) is 4.23. The van der Waals surface area contributed by atoms with Crippen LogP contribution in [0.4, 0.5) is 0 Å². The van der Waals surface area contributed by atoms with E-state index in [0.29, 0.717) is 68.3 Å². The SMILES string of the molecule is O=C(c1ccc2c(c1)OCCO2)C1CCN(C(=O)c2ccc(Cn3cccn3)cc2)CC1. The quantitative estimate of drug-likeness (QED) is 0.579. The van der Waals surface area contributed by atoms with Gasteiger partial charge < -0.3 is 14.4 Å². The average molecular weight is 431 g/mol. The second-order valence-corrected chi connectivity index (χ2v) is 8.19. The molecule has 7 nitrogen and oxygen atoms in total. The lowest BCUT2D eigenvalue weighted by molar-refractivity contribution is 0.0650. The summed E-state index contributed by atoms with van der Waals surface area (Å²) < 4.78 is 13.0. The average Bonchev–Trinajstić information content (AvgIpc) is 3.36. The molecule has 0 aliphatic carbocycles. The third-order valence-corrected chi connectivity index (χ3v) is 6.08. The van der Waals surface area contributed by atoms with Crippen LogP contribution in [0.3, 0.4) is 0 Å². The largest absolute Gasteiger partial charge is 0.486 e. The molecule has 3 heterocycles. The van der Waals surface area contributed by atoms with Crippen molar-refractivity contribution in [3.63, 3.8) is 0 Å². The molecule has 5 rings (SSSR count). The van der Waals surface area contributed by atoms with Crippen molar-refractivity contribution in [1.82, 2.24) is 14.7 Å². The van der Waals surface area contributed by atoms with Crippen LogP contribution in [0.15, 0.2) is 60.9 Å². The van der Waals surface area contributed by atoms with E-state index < -0.39 is 0 Å². The molecule has 1 fully saturated rings. The molecule has 164 valence electrons. The minimum Gasteiger partial charge on any atom is -0.486 e. The molecule has 2 aromatic carbocycles. The molecular weight excluding hydrogens is 406 g/mol. The topological polar surface area (TPSA) is 73.7 Å². The van der Waals surface area contributed by atoms with Crippen molar-refractivity contribution in [2.24, 2.45) is 5.92 Å². The predicted molar refractivity (Wildman–Crippen MR) is 118 cm³/mol. The molecule has 0 N–H and O–H groups in total. The van der Waals surface area contributed by atoms with Crippen molar-refractivity contribution in [3.05, 3.63) is 77.6 Å². The fourth-order valence-electron chi connectivity index (χ4n) is 4.29. The highest BCUT2D eigenvalue weighted by molar-refractivity contribution is 5.99. The molecule has 0 bridgehead atoms. The van der Waals surface area contributed by atoms with Gasteiger partial charge >= 0.3 is 0 Å². The van der Waals surface area contributed by atoms with Crippen molar-refractivity contribution < 1.29 is 19.1 Å². The van der Waals surface area contributed by atoms with E-state index >= 15 is 0 Å². The van der Waals surface area contributed by atoms with E-state index in [9.17, 15) is 9.59 Å². The summed E-state index contributed by atoms with van der Waals surface area (Å²) in [7, 11) is 0. The van der Waals surface area contributed by atoms with Crippen LogP contribution in [0.5, 0.6) is 11.5 Å². The molecule has 1 saturated heterocycles. The van der Waals surface area contributed by atoms with Gasteiger partial charge in [0.05, 0.1) is 6.54 Å². The molecule has 0 radical (unpaired) electrons. The van der Waals surface area contributed by atoms with Gasteiger partial charge in [-0.3, -0.25) is 14.3 Å². The number of likely N-dealkylation sites (tertiary alicyclic amines) is 1. The monoisotopic (exact) mass is 431 g/mol. The number of carbonyl (C=O) groups excluding carboxylic acids is 2. The van der Waals surface area contributed by atoms with Gasteiger partial charge in [0.1, 0.15) is 13.2 Å². The highest BCUT2D eigenvalue weighted by atomic mass is 16.6. The molecule has 32 heavy (non-hydrogen) atoms. The van der Waals surface area contributed by atoms with E-state index in [1.807, 2.05) is 46.1 Å². The zero-order valence-electron chi connectivity index (χ0n) is 17.8. The van der Waals surface area contributed by atoms with E-state index in [1.165, 1.54) is 0 Å². The molecule has 3 aromatic rings. The number of benzene rings is 2. The lowest BCUT2D eigenvalue weighted by Crippen LogP contribution is -2.40. The van der Waals surface area contributed by atoms with Crippen LogP contribution in [0.2, 0.25) is 0 Å². The van der Waals surface area contributed by atoms with E-state index in [1.54, 1.807) is 24.4 Å². The molecule has 7 heteroatoms. The maximum absolute atomic E-state index is 13.0. The van der Waals surface area contributed by atoms with Crippen LogP contribution in [0.25, 0.3) is 0 Å². The summed E-state index contributed by atoms with van der Waals surface area (Å²) >= 11 is 0. The van der Waals surface area contributed by atoms with Gasteiger partial charge in [0.25, 0.3) is 5.91 Å². The van der Waals surface area contributed by atoms with Gasteiger partial charge in [0.15, 0.2) is 17.3 Å². The van der Waals surface area contributed by atoms with Crippen LogP contribution >= 0.6 is 0 Å². The summed E-state index contributed by atoms with van der Waals surface area (Å²) in [5, 5.41) is 4.21. The normalized spacial score (nSPS) is 16.1. The van der Waals surface area contributed by atoms with E-state index in [-0.39, 0.29) is 17.6 Å². The second kappa shape index (κ2) is 8.86. The first-order valence-electron chi connectivity index (χ1n) is 11.0. The number of hydrogen-bond donors (Lipinski definition) is 0. The number of aromatic nitrogens is 2. The molecule has 2 aliphatic rings. The Morgan fingerprint density at radius 1 is 0.938 bits per heavy atom. The molecule has 1 amide bonds.